The van der Waals surface area contributed by atoms with Crippen molar-refractivity contribution in [3.05, 3.63) is 47.5 Å². The number of aromatic amines is 1. The van der Waals surface area contributed by atoms with Gasteiger partial charge in [0.2, 0.25) is 0 Å². The number of imidazole rings is 1. The van der Waals surface area contributed by atoms with E-state index in [0.29, 0.717) is 28.9 Å². The third-order valence-electron chi connectivity index (χ3n) is 6.68. The van der Waals surface area contributed by atoms with Gasteiger partial charge in [0, 0.05) is 36.6 Å². The number of nitrogens with zero attached hydrogens (tertiary/aromatic N) is 4. The van der Waals surface area contributed by atoms with Gasteiger partial charge in [0.25, 0.3) is 0 Å². The van der Waals surface area contributed by atoms with Gasteiger partial charge in [-0.05, 0) is 30.9 Å². The van der Waals surface area contributed by atoms with Crippen LogP contribution in [0.4, 0.5) is 18.9 Å². The smallest absolute Gasteiger partial charge is 0.361 e. The normalized spacial score (nSPS) is 20.4. The van der Waals surface area contributed by atoms with Crippen LogP contribution in [0.25, 0.3) is 0 Å². The van der Waals surface area contributed by atoms with E-state index in [4.69, 9.17) is 0 Å². The standard InChI is InChI=1S/C22H26F3N5O2S/c23-22(24,25)33(31,32)29-13-19(9-8-16-4-1-2-5-16)30(12-18-11-27-15-28-18)21-7-3-6-17(10-26)20(21)14-29/h3,6-7,11,15-16,19H,1-2,4-5,8-9,12-14H2,(H,27,28)/t19-/m0/s1. The fourth-order valence-electron chi connectivity index (χ4n) is 4.96. The highest BCUT2D eigenvalue weighted by Gasteiger charge is 2.51. The highest BCUT2D eigenvalue weighted by atomic mass is 32.2. The summed E-state index contributed by atoms with van der Waals surface area (Å²) in [6.45, 7) is -0.486. The molecule has 0 spiro atoms. The molecule has 178 valence electrons. The van der Waals surface area contributed by atoms with Crippen LogP contribution in [0.5, 0.6) is 0 Å². The molecule has 11 heteroatoms. The van der Waals surface area contributed by atoms with E-state index in [0.717, 1.165) is 37.8 Å². The zero-order valence-corrected chi connectivity index (χ0v) is 18.9. The van der Waals surface area contributed by atoms with Crippen LogP contribution in [-0.4, -0.2) is 40.8 Å². The molecule has 1 atom stereocenters. The molecule has 1 N–H and O–H groups in total. The third kappa shape index (κ3) is 4.87. The number of halogens is 3. The number of hydrogen-bond acceptors (Lipinski definition) is 5. The first-order valence-electron chi connectivity index (χ1n) is 11.0. The van der Waals surface area contributed by atoms with Crippen molar-refractivity contribution in [1.29, 1.82) is 5.26 Å². The van der Waals surface area contributed by atoms with Gasteiger partial charge in [0.05, 0.1) is 30.2 Å². The van der Waals surface area contributed by atoms with Crippen molar-refractivity contribution in [2.45, 2.75) is 63.2 Å². The average molecular weight is 482 g/mol. The second-order valence-corrected chi connectivity index (χ2v) is 10.7. The fourth-order valence-corrected chi connectivity index (χ4v) is 5.92. The van der Waals surface area contributed by atoms with Gasteiger partial charge in [-0.3, -0.25) is 0 Å². The van der Waals surface area contributed by atoms with Gasteiger partial charge >= 0.3 is 15.5 Å². The molecular weight excluding hydrogens is 455 g/mol. The van der Waals surface area contributed by atoms with Crippen LogP contribution in [0.15, 0.2) is 30.7 Å². The number of nitrogens with one attached hydrogen (secondary N) is 1. The number of H-pyrrole nitrogens is 1. The largest absolute Gasteiger partial charge is 0.511 e. The van der Waals surface area contributed by atoms with Gasteiger partial charge < -0.3 is 9.88 Å². The Morgan fingerprint density at radius 2 is 1.97 bits per heavy atom. The lowest BCUT2D eigenvalue weighted by molar-refractivity contribution is -0.0492. The number of fused-ring (bicyclic) bond motifs is 1. The Morgan fingerprint density at radius 3 is 2.61 bits per heavy atom. The van der Waals surface area contributed by atoms with E-state index >= 15 is 0 Å². The van der Waals surface area contributed by atoms with Crippen LogP contribution >= 0.6 is 0 Å². The summed E-state index contributed by atoms with van der Waals surface area (Å²) in [5, 5.41) is 9.62. The van der Waals surface area contributed by atoms with E-state index in [2.05, 4.69) is 9.97 Å². The van der Waals surface area contributed by atoms with Crippen LogP contribution in [0, 0.1) is 17.2 Å². The first-order valence-corrected chi connectivity index (χ1v) is 12.5. The molecule has 1 fully saturated rings. The molecule has 7 nitrogen and oxygen atoms in total. The summed E-state index contributed by atoms with van der Waals surface area (Å²) >= 11 is 0. The second-order valence-electron chi connectivity index (χ2n) is 8.74. The molecule has 0 amide bonds. The maximum Gasteiger partial charge on any atom is 0.511 e. The van der Waals surface area contributed by atoms with E-state index in [1.807, 2.05) is 11.0 Å². The summed E-state index contributed by atoms with van der Waals surface area (Å²) in [6, 6.07) is 6.46. The highest BCUT2D eigenvalue weighted by Crippen LogP contribution is 2.38. The molecule has 0 radical (unpaired) electrons. The van der Waals surface area contributed by atoms with Gasteiger partial charge in [-0.25, -0.2) is 13.4 Å². The minimum Gasteiger partial charge on any atom is -0.361 e. The summed E-state index contributed by atoms with van der Waals surface area (Å²) in [5.74, 6) is 0.500. The van der Waals surface area contributed by atoms with E-state index in [9.17, 15) is 26.9 Å². The Balaban J connectivity index is 1.78. The molecule has 4 rings (SSSR count). The molecule has 0 bridgehead atoms. The lowest BCUT2D eigenvalue weighted by Crippen LogP contribution is -2.47. The molecule has 0 unspecified atom stereocenters. The molecule has 0 saturated heterocycles. The van der Waals surface area contributed by atoms with E-state index in [1.54, 1.807) is 18.3 Å². The molecule has 1 aromatic heterocycles. The fraction of sp³-hybridized carbons (Fsp3) is 0.545. The van der Waals surface area contributed by atoms with Crippen molar-refractivity contribution >= 4 is 15.7 Å². The summed E-state index contributed by atoms with van der Waals surface area (Å²) in [7, 11) is -5.57. The Hall–Kier alpha value is -2.58. The van der Waals surface area contributed by atoms with Gasteiger partial charge in [0.1, 0.15) is 0 Å². The van der Waals surface area contributed by atoms with Crippen LogP contribution in [0.1, 0.15) is 55.3 Å². The molecule has 1 saturated carbocycles. The SMILES string of the molecule is N#Cc1cccc2c1CN(S(=O)(=O)C(F)(F)F)C[C@H](CCC1CCCC1)N2Cc1cnc[nH]1. The van der Waals surface area contributed by atoms with Gasteiger partial charge in [-0.1, -0.05) is 31.7 Å². The number of sulfonamides is 1. The summed E-state index contributed by atoms with van der Waals surface area (Å²) < 4.78 is 66.1. The first kappa shape index (κ1) is 23.6. The van der Waals surface area contributed by atoms with Gasteiger partial charge in [-0.15, -0.1) is 0 Å². The molecule has 2 aromatic rings. The van der Waals surface area contributed by atoms with Crippen LogP contribution < -0.4 is 4.90 Å². The molecule has 1 aliphatic carbocycles. The van der Waals surface area contributed by atoms with Gasteiger partial charge in [-0.2, -0.15) is 22.7 Å². The lowest BCUT2D eigenvalue weighted by Gasteiger charge is -2.34. The second kappa shape index (κ2) is 9.35. The Labute approximate surface area is 191 Å². The monoisotopic (exact) mass is 481 g/mol. The number of aromatic nitrogens is 2. The molecular formula is C22H26F3N5O2S. The van der Waals surface area contributed by atoms with Crippen molar-refractivity contribution in [2.24, 2.45) is 5.92 Å². The first-order chi connectivity index (χ1) is 15.7. The summed E-state index contributed by atoms with van der Waals surface area (Å²) in [5.41, 5.74) is -3.62. The number of nitriles is 1. The van der Waals surface area contributed by atoms with E-state index in [1.165, 1.54) is 12.4 Å². The zero-order valence-electron chi connectivity index (χ0n) is 18.1. The van der Waals surface area contributed by atoms with Crippen molar-refractivity contribution in [3.8, 4) is 6.07 Å². The Morgan fingerprint density at radius 1 is 1.21 bits per heavy atom. The topological polar surface area (TPSA) is 93.1 Å². The lowest BCUT2D eigenvalue weighted by atomic mass is 9.97. The summed E-state index contributed by atoms with van der Waals surface area (Å²) in [6.07, 6.45) is 9.01. The Bertz CT molecular complexity index is 1110. The number of rotatable bonds is 6. The summed E-state index contributed by atoms with van der Waals surface area (Å²) in [4.78, 5) is 8.98. The van der Waals surface area contributed by atoms with Crippen LogP contribution in [0.3, 0.4) is 0 Å². The van der Waals surface area contributed by atoms with Crippen molar-refractivity contribution in [2.75, 3.05) is 11.4 Å². The number of benzene rings is 1. The third-order valence-corrected chi connectivity index (χ3v) is 8.22. The molecule has 33 heavy (non-hydrogen) atoms. The molecule has 1 aromatic carbocycles. The van der Waals surface area contributed by atoms with E-state index in [-0.39, 0.29) is 17.7 Å². The van der Waals surface area contributed by atoms with Crippen molar-refractivity contribution in [1.82, 2.24) is 14.3 Å². The van der Waals surface area contributed by atoms with E-state index < -0.39 is 28.1 Å². The maximum atomic E-state index is 13.5. The minimum atomic E-state index is -5.57. The molecule has 2 heterocycles. The highest BCUT2D eigenvalue weighted by molar-refractivity contribution is 7.89. The van der Waals surface area contributed by atoms with Crippen LogP contribution in [0.2, 0.25) is 0 Å². The predicted molar refractivity (Wildman–Crippen MR) is 116 cm³/mol. The predicted octanol–water partition coefficient (Wildman–Crippen LogP) is 4.29. The quantitative estimate of drug-likeness (QED) is 0.664. The number of hydrogen-bond donors (Lipinski definition) is 1. The van der Waals surface area contributed by atoms with Crippen molar-refractivity contribution in [3.63, 3.8) is 0 Å². The van der Waals surface area contributed by atoms with Crippen LogP contribution in [-0.2, 0) is 23.1 Å². The number of anilines is 1. The maximum absolute atomic E-state index is 13.5. The minimum absolute atomic E-state index is 0.168. The van der Waals surface area contributed by atoms with Gasteiger partial charge in [0.15, 0.2) is 0 Å². The average Bonchev–Trinajstić information content (AvgIpc) is 3.45. The Kier molecular flexibility index (Phi) is 6.68. The molecule has 2 aliphatic rings. The zero-order chi connectivity index (χ0) is 23.6. The molecule has 1 aliphatic heterocycles. The number of alkyl halides is 3. The van der Waals surface area contributed by atoms with Crippen molar-refractivity contribution < 1.29 is 21.6 Å².